The molecule has 0 saturated carbocycles. The molecule has 1 nitrogen and oxygen atoms in total. The van der Waals surface area contributed by atoms with Gasteiger partial charge in [0.2, 0.25) is 0 Å². The molecule has 0 bridgehead atoms. The van der Waals surface area contributed by atoms with E-state index >= 15 is 0 Å². The minimum Gasteiger partial charge on any atom is -0.380 e. The van der Waals surface area contributed by atoms with Crippen LogP contribution in [0.1, 0.15) is 4.88 Å². The van der Waals surface area contributed by atoms with E-state index in [2.05, 4.69) is 41.0 Å². The molecule has 3 rings (SSSR count). The zero-order chi connectivity index (χ0) is 13.8. The summed E-state index contributed by atoms with van der Waals surface area (Å²) in [7, 11) is 0. The van der Waals surface area contributed by atoms with Crippen LogP contribution in [0, 0.1) is 0 Å². The maximum atomic E-state index is 5.87. The predicted octanol–water partition coefficient (Wildman–Crippen LogP) is 5.68. The molecule has 0 aliphatic heterocycles. The van der Waals surface area contributed by atoms with Crippen LogP contribution in [-0.2, 0) is 6.54 Å². The van der Waals surface area contributed by atoms with Crippen molar-refractivity contribution in [1.29, 1.82) is 0 Å². The summed E-state index contributed by atoms with van der Waals surface area (Å²) in [6, 6.07) is 20.5. The summed E-state index contributed by atoms with van der Waals surface area (Å²) in [5, 5.41) is 6.37. The van der Waals surface area contributed by atoms with Gasteiger partial charge < -0.3 is 5.32 Å². The summed E-state index contributed by atoms with van der Waals surface area (Å²) < 4.78 is 0. The van der Waals surface area contributed by atoms with Gasteiger partial charge in [0.05, 0.1) is 0 Å². The van der Waals surface area contributed by atoms with E-state index in [9.17, 15) is 0 Å². The van der Waals surface area contributed by atoms with Crippen LogP contribution in [0.5, 0.6) is 0 Å². The Labute approximate surface area is 127 Å². The highest BCUT2D eigenvalue weighted by Gasteiger charge is 2.02. The second kappa shape index (κ2) is 6.12. The van der Waals surface area contributed by atoms with E-state index in [1.807, 2.05) is 30.3 Å². The zero-order valence-corrected chi connectivity index (χ0v) is 12.4. The maximum Gasteiger partial charge on any atom is 0.0494 e. The molecule has 20 heavy (non-hydrogen) atoms. The maximum absolute atomic E-state index is 5.87. The molecule has 1 heterocycles. The van der Waals surface area contributed by atoms with Gasteiger partial charge in [0.1, 0.15) is 0 Å². The smallest absolute Gasteiger partial charge is 0.0494 e. The van der Waals surface area contributed by atoms with E-state index in [-0.39, 0.29) is 0 Å². The third-order valence-electron chi connectivity index (χ3n) is 3.07. The Hall–Kier alpha value is -1.77. The number of rotatable bonds is 4. The molecule has 0 aliphatic rings. The van der Waals surface area contributed by atoms with Gasteiger partial charge in [-0.05, 0) is 46.8 Å². The highest BCUT2D eigenvalue weighted by Crippen LogP contribution is 2.26. The number of halogens is 1. The van der Waals surface area contributed by atoms with E-state index in [1.54, 1.807) is 11.3 Å². The Morgan fingerprint density at radius 2 is 1.65 bits per heavy atom. The number of nitrogens with one attached hydrogen (secondary N) is 1. The number of anilines is 1. The second-order valence-electron chi connectivity index (χ2n) is 4.53. The van der Waals surface area contributed by atoms with Gasteiger partial charge in [-0.3, -0.25) is 0 Å². The minimum atomic E-state index is 0.762. The lowest BCUT2D eigenvalue weighted by atomic mass is 10.1. The molecule has 2 aromatic carbocycles. The van der Waals surface area contributed by atoms with E-state index in [0.29, 0.717) is 0 Å². The summed E-state index contributed by atoms with van der Waals surface area (Å²) in [6.07, 6.45) is 0. The average Bonchev–Trinajstić information content (AvgIpc) is 2.97. The summed E-state index contributed by atoms with van der Waals surface area (Å²) in [6.45, 7) is 0.832. The van der Waals surface area contributed by atoms with E-state index < -0.39 is 0 Å². The van der Waals surface area contributed by atoms with Crippen LogP contribution in [0.3, 0.4) is 0 Å². The zero-order valence-electron chi connectivity index (χ0n) is 10.8. The molecule has 1 N–H and O–H groups in total. The quantitative estimate of drug-likeness (QED) is 0.653. The van der Waals surface area contributed by atoms with Crippen LogP contribution in [-0.4, -0.2) is 0 Å². The van der Waals surface area contributed by atoms with Gasteiger partial charge in [-0.15, -0.1) is 11.3 Å². The lowest BCUT2D eigenvalue weighted by Crippen LogP contribution is -1.96. The lowest BCUT2D eigenvalue weighted by Gasteiger charge is -2.04. The first-order valence-electron chi connectivity index (χ1n) is 6.43. The van der Waals surface area contributed by atoms with Crippen molar-refractivity contribution in [2.24, 2.45) is 0 Å². The Bertz CT molecular complexity index is 674. The Morgan fingerprint density at radius 1 is 0.900 bits per heavy atom. The fraction of sp³-hybridized carbons (Fsp3) is 0.0588. The Morgan fingerprint density at radius 3 is 2.40 bits per heavy atom. The molecule has 0 spiro atoms. The fourth-order valence-corrected chi connectivity index (χ4v) is 2.97. The first kappa shape index (κ1) is 13.2. The summed E-state index contributed by atoms with van der Waals surface area (Å²) >= 11 is 7.65. The number of hydrogen-bond donors (Lipinski definition) is 1. The predicted molar refractivity (Wildman–Crippen MR) is 88.5 cm³/mol. The van der Waals surface area contributed by atoms with E-state index in [1.165, 1.54) is 16.0 Å². The summed E-state index contributed by atoms with van der Waals surface area (Å²) in [5.41, 5.74) is 3.63. The molecular formula is C17H14ClNS. The molecule has 100 valence electrons. The van der Waals surface area contributed by atoms with E-state index in [0.717, 1.165) is 17.3 Å². The van der Waals surface area contributed by atoms with Crippen molar-refractivity contribution in [1.82, 2.24) is 0 Å². The van der Waals surface area contributed by atoms with Crippen LogP contribution < -0.4 is 5.32 Å². The molecule has 3 aromatic rings. The van der Waals surface area contributed by atoms with Crippen molar-refractivity contribution < 1.29 is 0 Å². The van der Waals surface area contributed by atoms with Gasteiger partial charge in [0, 0.05) is 22.1 Å². The lowest BCUT2D eigenvalue weighted by molar-refractivity contribution is 1.19. The Kier molecular flexibility index (Phi) is 4.05. The standard InChI is InChI=1S/C17H14ClNS/c18-15-6-8-16(9-7-15)19-11-17-10-14(12-20-17)13-4-2-1-3-5-13/h1-10,12,19H,11H2. The van der Waals surface area contributed by atoms with Crippen LogP contribution in [0.25, 0.3) is 11.1 Å². The van der Waals surface area contributed by atoms with Crippen molar-refractivity contribution in [2.45, 2.75) is 6.54 Å². The van der Waals surface area contributed by atoms with Gasteiger partial charge in [-0.1, -0.05) is 41.9 Å². The van der Waals surface area contributed by atoms with Crippen LogP contribution >= 0.6 is 22.9 Å². The molecule has 0 aliphatic carbocycles. The van der Waals surface area contributed by atoms with Crippen LogP contribution in [0.4, 0.5) is 5.69 Å². The molecule has 0 radical (unpaired) electrons. The van der Waals surface area contributed by atoms with Gasteiger partial charge in [-0.25, -0.2) is 0 Å². The molecule has 0 amide bonds. The van der Waals surface area contributed by atoms with Gasteiger partial charge in [0.25, 0.3) is 0 Å². The van der Waals surface area contributed by atoms with Crippen molar-refractivity contribution in [3.8, 4) is 11.1 Å². The first-order chi connectivity index (χ1) is 9.81. The van der Waals surface area contributed by atoms with Crippen LogP contribution in [0.2, 0.25) is 5.02 Å². The van der Waals surface area contributed by atoms with Crippen molar-refractivity contribution in [3.05, 3.63) is 75.9 Å². The minimum absolute atomic E-state index is 0.762. The molecule has 0 atom stereocenters. The third-order valence-corrected chi connectivity index (χ3v) is 4.26. The van der Waals surface area contributed by atoms with Gasteiger partial charge >= 0.3 is 0 Å². The molecule has 1 aromatic heterocycles. The van der Waals surface area contributed by atoms with Crippen molar-refractivity contribution in [2.75, 3.05) is 5.32 Å². The van der Waals surface area contributed by atoms with Crippen molar-refractivity contribution in [3.63, 3.8) is 0 Å². The SMILES string of the molecule is Clc1ccc(NCc2cc(-c3ccccc3)cs2)cc1. The molecule has 0 fully saturated rings. The van der Waals surface area contributed by atoms with Gasteiger partial charge in [-0.2, -0.15) is 0 Å². The Balaban J connectivity index is 1.67. The number of thiophene rings is 1. The number of hydrogen-bond acceptors (Lipinski definition) is 2. The molecule has 0 saturated heterocycles. The highest BCUT2D eigenvalue weighted by atomic mass is 35.5. The molecular weight excluding hydrogens is 286 g/mol. The largest absolute Gasteiger partial charge is 0.380 e. The summed E-state index contributed by atoms with van der Waals surface area (Å²) in [4.78, 5) is 1.32. The average molecular weight is 300 g/mol. The van der Waals surface area contributed by atoms with E-state index in [4.69, 9.17) is 11.6 Å². The first-order valence-corrected chi connectivity index (χ1v) is 7.69. The fourth-order valence-electron chi connectivity index (χ4n) is 2.01. The summed E-state index contributed by atoms with van der Waals surface area (Å²) in [5.74, 6) is 0. The second-order valence-corrected chi connectivity index (χ2v) is 5.96. The van der Waals surface area contributed by atoms with Crippen molar-refractivity contribution >= 4 is 28.6 Å². The molecule has 3 heteroatoms. The monoisotopic (exact) mass is 299 g/mol. The van der Waals surface area contributed by atoms with Crippen LogP contribution in [0.15, 0.2) is 66.0 Å². The normalized spacial score (nSPS) is 10.4. The highest BCUT2D eigenvalue weighted by molar-refractivity contribution is 7.10. The third kappa shape index (κ3) is 3.21. The topological polar surface area (TPSA) is 12.0 Å². The van der Waals surface area contributed by atoms with Gasteiger partial charge in [0.15, 0.2) is 0 Å². The number of benzene rings is 2. The molecule has 0 unspecified atom stereocenters.